The molecule has 0 amide bonds. The van der Waals surface area contributed by atoms with E-state index in [0.717, 1.165) is 22.5 Å². The van der Waals surface area contributed by atoms with Crippen LogP contribution in [0.4, 0.5) is 11.4 Å². The zero-order valence-corrected chi connectivity index (χ0v) is 16.4. The third-order valence-corrected chi connectivity index (χ3v) is 5.91. The summed E-state index contributed by atoms with van der Waals surface area (Å²) < 4.78 is 0. The maximum absolute atomic E-state index is 6.22. The highest BCUT2D eigenvalue weighted by Crippen LogP contribution is 2.30. The minimum atomic E-state index is 0.482. The Bertz CT molecular complexity index is 676. The first-order valence-corrected chi connectivity index (χ1v) is 10.5. The fourth-order valence-corrected chi connectivity index (χ4v) is 3.78. The van der Waals surface area contributed by atoms with Gasteiger partial charge in [0.2, 0.25) is 5.96 Å². The van der Waals surface area contributed by atoms with Gasteiger partial charge in [-0.05, 0) is 36.6 Å². The van der Waals surface area contributed by atoms with Crippen molar-refractivity contribution >= 4 is 56.8 Å². The van der Waals surface area contributed by atoms with Gasteiger partial charge in [0.1, 0.15) is 0 Å². The van der Waals surface area contributed by atoms with Crippen LogP contribution in [0.5, 0.6) is 0 Å². The van der Waals surface area contributed by atoms with Crippen molar-refractivity contribution in [2.45, 2.75) is 9.79 Å². The van der Waals surface area contributed by atoms with Crippen LogP contribution in [0.15, 0.2) is 63.3 Å². The van der Waals surface area contributed by atoms with Crippen LogP contribution >= 0.6 is 39.5 Å². The molecule has 0 saturated heterocycles. The lowest BCUT2D eigenvalue weighted by molar-refractivity contribution is 1.18. The largest absolute Gasteiger partial charge is 0.369 e. The summed E-state index contributed by atoms with van der Waals surface area (Å²) in [5.41, 5.74) is 8.16. The predicted octanol–water partition coefficient (Wildman–Crippen LogP) is 4.98. The van der Waals surface area contributed by atoms with Crippen molar-refractivity contribution in [3.05, 3.63) is 48.5 Å². The lowest BCUT2D eigenvalue weighted by Crippen LogP contribution is -2.33. The summed E-state index contributed by atoms with van der Waals surface area (Å²) in [6.45, 7) is 0. The molecular formula is C17H20BrN3S2. The second-order valence-corrected chi connectivity index (χ2v) is 7.55. The molecule has 2 aromatic rings. The number of guanidine groups is 1. The molecule has 0 aromatic heterocycles. The monoisotopic (exact) mass is 409 g/mol. The van der Waals surface area contributed by atoms with Crippen LogP contribution in [0.25, 0.3) is 0 Å². The van der Waals surface area contributed by atoms with E-state index >= 15 is 0 Å². The number of hydrogen-bond acceptors (Lipinski definition) is 3. The number of nitrogens with two attached hydrogens (primary N) is 1. The van der Waals surface area contributed by atoms with Crippen molar-refractivity contribution in [3.8, 4) is 0 Å². The zero-order valence-electron chi connectivity index (χ0n) is 13.2. The van der Waals surface area contributed by atoms with Gasteiger partial charge in [-0.15, -0.1) is 23.5 Å². The predicted molar refractivity (Wildman–Crippen MR) is 109 cm³/mol. The molecule has 0 aliphatic carbocycles. The van der Waals surface area contributed by atoms with Crippen molar-refractivity contribution < 1.29 is 0 Å². The molecule has 0 aliphatic heterocycles. The van der Waals surface area contributed by atoms with Crippen molar-refractivity contribution in [2.75, 3.05) is 29.3 Å². The van der Waals surface area contributed by atoms with Crippen molar-refractivity contribution in [2.24, 2.45) is 10.7 Å². The number of thioether (sulfide) groups is 2. The van der Waals surface area contributed by atoms with E-state index in [9.17, 15) is 0 Å². The number of aliphatic imine (C=N–C) groups is 1. The van der Waals surface area contributed by atoms with Crippen LogP contribution in [-0.4, -0.2) is 30.3 Å². The Kier molecular flexibility index (Phi) is 7.33. The first kappa shape index (κ1) is 18.2. The Hall–Kier alpha value is -1.11. The average molecular weight is 410 g/mol. The number of hydrogen-bond donors (Lipinski definition) is 1. The van der Waals surface area contributed by atoms with Gasteiger partial charge < -0.3 is 10.6 Å². The molecule has 0 spiro atoms. The topological polar surface area (TPSA) is 41.6 Å². The molecule has 0 atom stereocenters. The quantitative estimate of drug-likeness (QED) is 0.316. The molecule has 0 saturated carbocycles. The van der Waals surface area contributed by atoms with Gasteiger partial charge in [0.25, 0.3) is 0 Å². The average Bonchev–Trinajstić information content (AvgIpc) is 2.59. The Morgan fingerprint density at radius 1 is 1.22 bits per heavy atom. The highest BCUT2D eigenvalue weighted by molar-refractivity contribution is 9.09. The van der Waals surface area contributed by atoms with Gasteiger partial charge in [-0.3, -0.25) is 0 Å². The SMILES string of the molecule is CSc1cccc(N=C(N)N(C)c2ccccc2SCCBr)c1. The molecule has 122 valence electrons. The van der Waals surface area contributed by atoms with Gasteiger partial charge in [-0.2, -0.15) is 0 Å². The number of benzene rings is 2. The van der Waals surface area contributed by atoms with Gasteiger partial charge in [-0.25, -0.2) is 4.99 Å². The summed E-state index contributed by atoms with van der Waals surface area (Å²) in [5.74, 6) is 1.49. The van der Waals surface area contributed by atoms with Crippen LogP contribution in [0.2, 0.25) is 0 Å². The summed E-state index contributed by atoms with van der Waals surface area (Å²) in [7, 11) is 1.95. The minimum absolute atomic E-state index is 0.482. The van der Waals surface area contributed by atoms with Gasteiger partial charge in [0, 0.05) is 27.9 Å². The molecule has 2 N–H and O–H groups in total. The molecule has 0 unspecified atom stereocenters. The van der Waals surface area contributed by atoms with Crippen LogP contribution in [0, 0.1) is 0 Å². The molecule has 0 bridgehead atoms. The molecule has 0 fully saturated rings. The number of rotatable bonds is 6. The summed E-state index contributed by atoms with van der Waals surface area (Å²) in [5, 5.41) is 0.959. The van der Waals surface area contributed by atoms with E-state index < -0.39 is 0 Å². The minimum Gasteiger partial charge on any atom is -0.369 e. The van der Waals surface area contributed by atoms with Crippen LogP contribution < -0.4 is 10.6 Å². The standard InChI is InChI=1S/C17H20BrN3S2/c1-21(15-8-3-4-9-16(15)23-11-10-18)17(19)20-13-6-5-7-14(12-13)22-2/h3-9,12H,10-11H2,1-2H3,(H2,19,20). The number of anilines is 1. The molecule has 23 heavy (non-hydrogen) atoms. The number of halogens is 1. The van der Waals surface area contributed by atoms with Gasteiger partial charge >= 0.3 is 0 Å². The Morgan fingerprint density at radius 2 is 2.00 bits per heavy atom. The molecule has 6 heteroatoms. The molecule has 2 aromatic carbocycles. The molecule has 0 aliphatic rings. The number of alkyl halides is 1. The van der Waals surface area contributed by atoms with Crippen LogP contribution in [-0.2, 0) is 0 Å². The zero-order chi connectivity index (χ0) is 16.7. The third-order valence-electron chi connectivity index (χ3n) is 3.20. The molecule has 0 heterocycles. The van der Waals surface area contributed by atoms with Crippen molar-refractivity contribution in [1.82, 2.24) is 0 Å². The maximum Gasteiger partial charge on any atom is 0.200 e. The Labute approximate surface area is 154 Å². The van der Waals surface area contributed by atoms with E-state index in [2.05, 4.69) is 45.4 Å². The second kappa shape index (κ2) is 9.25. The third kappa shape index (κ3) is 5.19. The van der Waals surface area contributed by atoms with Gasteiger partial charge in [0.15, 0.2) is 0 Å². The van der Waals surface area contributed by atoms with E-state index in [1.807, 2.05) is 42.3 Å². The maximum atomic E-state index is 6.22. The first-order valence-electron chi connectivity index (χ1n) is 7.15. The fourth-order valence-electron chi connectivity index (χ4n) is 2.02. The number of para-hydroxylation sites is 1. The highest BCUT2D eigenvalue weighted by Gasteiger charge is 2.10. The lowest BCUT2D eigenvalue weighted by atomic mass is 10.3. The smallest absolute Gasteiger partial charge is 0.200 e. The van der Waals surface area contributed by atoms with Crippen molar-refractivity contribution in [1.29, 1.82) is 0 Å². The van der Waals surface area contributed by atoms with Gasteiger partial charge in [0.05, 0.1) is 11.4 Å². The molecular weight excluding hydrogens is 390 g/mol. The van der Waals surface area contributed by atoms with Gasteiger partial charge in [-0.1, -0.05) is 34.1 Å². The lowest BCUT2D eigenvalue weighted by Gasteiger charge is -2.21. The molecule has 0 radical (unpaired) electrons. The Balaban J connectivity index is 2.25. The summed E-state index contributed by atoms with van der Waals surface area (Å²) >= 11 is 6.97. The highest BCUT2D eigenvalue weighted by atomic mass is 79.9. The normalized spacial score (nSPS) is 11.5. The summed E-state index contributed by atoms with van der Waals surface area (Å²) in [6, 6.07) is 16.3. The second-order valence-electron chi connectivity index (χ2n) is 4.74. The van der Waals surface area contributed by atoms with Crippen LogP contribution in [0.1, 0.15) is 0 Å². The van der Waals surface area contributed by atoms with E-state index in [1.165, 1.54) is 9.79 Å². The van der Waals surface area contributed by atoms with E-state index in [4.69, 9.17) is 5.73 Å². The van der Waals surface area contributed by atoms with Crippen LogP contribution in [0.3, 0.4) is 0 Å². The van der Waals surface area contributed by atoms with Crippen molar-refractivity contribution in [3.63, 3.8) is 0 Å². The molecule has 3 nitrogen and oxygen atoms in total. The van der Waals surface area contributed by atoms with E-state index in [-0.39, 0.29) is 0 Å². The summed E-state index contributed by atoms with van der Waals surface area (Å²) in [4.78, 5) is 8.86. The first-order chi connectivity index (χ1) is 11.2. The Morgan fingerprint density at radius 3 is 2.74 bits per heavy atom. The van der Waals surface area contributed by atoms with E-state index in [0.29, 0.717) is 5.96 Å². The number of nitrogens with zero attached hydrogens (tertiary/aromatic N) is 2. The van der Waals surface area contributed by atoms with E-state index in [1.54, 1.807) is 23.5 Å². The summed E-state index contributed by atoms with van der Waals surface area (Å²) in [6.07, 6.45) is 2.05. The fraction of sp³-hybridized carbons (Fsp3) is 0.235. The molecule has 2 rings (SSSR count).